The standard InChI is InChI=1S/C16H26O5S/c1-9(2)12-6-5-10(3)7-13(12)20-15(18)16-21-14(8-22-16)19-11(4)17/h9-10,12-14,16H,5-8H2,1-4H3/t10-,12+,13-,14-,16-/m0/s1. The molecule has 0 aromatic carbocycles. The van der Waals surface area contributed by atoms with E-state index in [1.807, 2.05) is 0 Å². The molecule has 0 unspecified atom stereocenters. The summed E-state index contributed by atoms with van der Waals surface area (Å²) in [5, 5.41) is 0. The average Bonchev–Trinajstić information content (AvgIpc) is 2.86. The van der Waals surface area contributed by atoms with Crippen LogP contribution in [0.2, 0.25) is 0 Å². The lowest BCUT2D eigenvalue weighted by molar-refractivity contribution is -0.185. The van der Waals surface area contributed by atoms with Gasteiger partial charge in [-0.05, 0) is 30.6 Å². The molecule has 0 N–H and O–H groups in total. The van der Waals surface area contributed by atoms with E-state index >= 15 is 0 Å². The molecular formula is C16H26O5S. The molecule has 0 amide bonds. The third kappa shape index (κ3) is 4.62. The van der Waals surface area contributed by atoms with Crippen LogP contribution in [-0.4, -0.2) is 35.5 Å². The first-order valence-electron chi connectivity index (χ1n) is 8.01. The lowest BCUT2D eigenvalue weighted by atomic mass is 9.75. The number of hydrogen-bond donors (Lipinski definition) is 0. The summed E-state index contributed by atoms with van der Waals surface area (Å²) < 4.78 is 16.2. The van der Waals surface area contributed by atoms with Crippen molar-refractivity contribution >= 4 is 23.7 Å². The van der Waals surface area contributed by atoms with Crippen molar-refractivity contribution in [3.8, 4) is 0 Å². The molecule has 1 saturated heterocycles. The number of esters is 2. The second-order valence-corrected chi connectivity index (χ2v) is 7.74. The summed E-state index contributed by atoms with van der Waals surface area (Å²) in [7, 11) is 0. The lowest BCUT2D eigenvalue weighted by Gasteiger charge is -2.37. The second kappa shape index (κ2) is 7.68. The molecule has 0 aromatic heterocycles. The Morgan fingerprint density at radius 3 is 2.59 bits per heavy atom. The van der Waals surface area contributed by atoms with E-state index in [0.29, 0.717) is 23.5 Å². The molecule has 1 aliphatic carbocycles. The van der Waals surface area contributed by atoms with E-state index in [1.165, 1.54) is 25.1 Å². The number of carbonyl (C=O) groups is 2. The zero-order chi connectivity index (χ0) is 16.3. The quantitative estimate of drug-likeness (QED) is 0.739. The molecule has 2 rings (SSSR count). The van der Waals surface area contributed by atoms with Crippen LogP contribution in [0.3, 0.4) is 0 Å². The number of carbonyl (C=O) groups excluding carboxylic acids is 2. The Bertz CT molecular complexity index is 411. The van der Waals surface area contributed by atoms with Gasteiger partial charge in [0.15, 0.2) is 0 Å². The summed E-state index contributed by atoms with van der Waals surface area (Å²) in [6.45, 7) is 7.89. The molecule has 0 bridgehead atoms. The molecule has 5 atom stereocenters. The van der Waals surface area contributed by atoms with Crippen molar-refractivity contribution in [2.45, 2.75) is 64.8 Å². The summed E-state index contributed by atoms with van der Waals surface area (Å²) in [6.07, 6.45) is 2.53. The van der Waals surface area contributed by atoms with Crippen molar-refractivity contribution in [3.63, 3.8) is 0 Å². The number of thioether (sulfide) groups is 1. The smallest absolute Gasteiger partial charge is 0.346 e. The van der Waals surface area contributed by atoms with Gasteiger partial charge in [-0.2, -0.15) is 0 Å². The SMILES string of the molecule is CC(=O)O[C@@H]1CS[C@@H](C(=O)O[C@H]2C[C@@H](C)CC[C@@H]2C(C)C)O1. The van der Waals surface area contributed by atoms with Gasteiger partial charge in [-0.1, -0.05) is 27.2 Å². The molecule has 1 aliphatic heterocycles. The maximum absolute atomic E-state index is 12.3. The maximum atomic E-state index is 12.3. The monoisotopic (exact) mass is 330 g/mol. The molecule has 0 spiro atoms. The largest absolute Gasteiger partial charge is 0.459 e. The van der Waals surface area contributed by atoms with Crippen molar-refractivity contribution in [3.05, 3.63) is 0 Å². The highest BCUT2D eigenvalue weighted by Crippen LogP contribution is 2.36. The van der Waals surface area contributed by atoms with E-state index in [-0.39, 0.29) is 12.1 Å². The zero-order valence-electron chi connectivity index (χ0n) is 13.7. The summed E-state index contributed by atoms with van der Waals surface area (Å²) in [5.74, 6) is 1.21. The van der Waals surface area contributed by atoms with Gasteiger partial charge in [0.05, 0.1) is 5.75 Å². The van der Waals surface area contributed by atoms with Crippen LogP contribution in [0, 0.1) is 17.8 Å². The Hall–Kier alpha value is -0.750. The number of ether oxygens (including phenoxy) is 3. The third-order valence-corrected chi connectivity index (χ3v) is 5.45. The van der Waals surface area contributed by atoms with E-state index in [1.54, 1.807) is 0 Å². The molecule has 1 heterocycles. The van der Waals surface area contributed by atoms with Crippen molar-refractivity contribution < 1.29 is 23.8 Å². The van der Waals surface area contributed by atoms with Crippen LogP contribution in [-0.2, 0) is 23.8 Å². The first-order chi connectivity index (χ1) is 10.4. The van der Waals surface area contributed by atoms with E-state index in [9.17, 15) is 9.59 Å². The molecule has 6 heteroatoms. The Kier molecular flexibility index (Phi) is 6.15. The Labute approximate surface area is 136 Å². The number of rotatable bonds is 4. The molecule has 0 aromatic rings. The van der Waals surface area contributed by atoms with Gasteiger partial charge in [0.1, 0.15) is 6.10 Å². The first-order valence-corrected chi connectivity index (χ1v) is 9.06. The fourth-order valence-corrected chi connectivity index (χ4v) is 4.08. The highest BCUT2D eigenvalue weighted by atomic mass is 32.2. The summed E-state index contributed by atoms with van der Waals surface area (Å²) in [6, 6.07) is 0. The van der Waals surface area contributed by atoms with Crippen molar-refractivity contribution in [2.24, 2.45) is 17.8 Å². The Balaban J connectivity index is 1.88. The lowest BCUT2D eigenvalue weighted by Crippen LogP contribution is -2.38. The van der Waals surface area contributed by atoms with E-state index < -0.39 is 17.7 Å². The number of hydrogen-bond acceptors (Lipinski definition) is 6. The van der Waals surface area contributed by atoms with Gasteiger partial charge in [0.25, 0.3) is 0 Å². The molecule has 0 radical (unpaired) electrons. The second-order valence-electron chi connectivity index (χ2n) is 6.64. The predicted molar refractivity (Wildman–Crippen MR) is 84.1 cm³/mol. The van der Waals surface area contributed by atoms with Crippen LogP contribution in [0.1, 0.15) is 47.0 Å². The van der Waals surface area contributed by atoms with E-state index in [0.717, 1.165) is 12.8 Å². The van der Waals surface area contributed by atoms with Gasteiger partial charge in [-0.25, -0.2) is 4.79 Å². The predicted octanol–water partition coefficient (Wildman–Crippen LogP) is 2.97. The van der Waals surface area contributed by atoms with E-state index in [4.69, 9.17) is 14.2 Å². The van der Waals surface area contributed by atoms with Crippen LogP contribution in [0.4, 0.5) is 0 Å². The minimum Gasteiger partial charge on any atom is -0.459 e. The normalized spacial score (nSPS) is 35.4. The summed E-state index contributed by atoms with van der Waals surface area (Å²) in [4.78, 5) is 23.2. The minimum absolute atomic E-state index is 0.0341. The Morgan fingerprint density at radius 1 is 1.23 bits per heavy atom. The summed E-state index contributed by atoms with van der Waals surface area (Å²) >= 11 is 1.33. The Morgan fingerprint density at radius 2 is 1.95 bits per heavy atom. The fraction of sp³-hybridized carbons (Fsp3) is 0.875. The molecule has 5 nitrogen and oxygen atoms in total. The van der Waals surface area contributed by atoms with Gasteiger partial charge in [-0.15, -0.1) is 11.8 Å². The topological polar surface area (TPSA) is 61.8 Å². The fourth-order valence-electron chi connectivity index (χ4n) is 3.21. The third-order valence-electron chi connectivity index (χ3n) is 4.38. The van der Waals surface area contributed by atoms with Crippen molar-refractivity contribution in [2.75, 3.05) is 5.75 Å². The van der Waals surface area contributed by atoms with Crippen LogP contribution < -0.4 is 0 Å². The van der Waals surface area contributed by atoms with Gasteiger partial charge in [-0.3, -0.25) is 4.79 Å². The molecular weight excluding hydrogens is 304 g/mol. The van der Waals surface area contributed by atoms with Crippen molar-refractivity contribution in [1.29, 1.82) is 0 Å². The van der Waals surface area contributed by atoms with Crippen LogP contribution >= 0.6 is 11.8 Å². The van der Waals surface area contributed by atoms with Gasteiger partial charge < -0.3 is 14.2 Å². The van der Waals surface area contributed by atoms with Gasteiger partial charge in [0.2, 0.25) is 11.7 Å². The van der Waals surface area contributed by atoms with Crippen LogP contribution in [0.15, 0.2) is 0 Å². The van der Waals surface area contributed by atoms with E-state index in [2.05, 4.69) is 20.8 Å². The highest BCUT2D eigenvalue weighted by molar-refractivity contribution is 8.00. The first kappa shape index (κ1) is 17.6. The van der Waals surface area contributed by atoms with Crippen LogP contribution in [0.25, 0.3) is 0 Å². The van der Waals surface area contributed by atoms with Gasteiger partial charge in [0, 0.05) is 6.92 Å². The van der Waals surface area contributed by atoms with Gasteiger partial charge >= 0.3 is 11.9 Å². The zero-order valence-corrected chi connectivity index (χ0v) is 14.6. The highest BCUT2D eigenvalue weighted by Gasteiger charge is 2.39. The average molecular weight is 330 g/mol. The molecule has 22 heavy (non-hydrogen) atoms. The van der Waals surface area contributed by atoms with Crippen molar-refractivity contribution in [1.82, 2.24) is 0 Å². The molecule has 126 valence electrons. The maximum Gasteiger partial charge on any atom is 0.346 e. The molecule has 1 saturated carbocycles. The summed E-state index contributed by atoms with van der Waals surface area (Å²) in [5.41, 5.74) is -0.686. The minimum atomic E-state index is -0.686. The molecule has 2 aliphatic rings. The molecule has 2 fully saturated rings. The van der Waals surface area contributed by atoms with Crippen LogP contribution in [0.5, 0.6) is 0 Å².